The van der Waals surface area contributed by atoms with Gasteiger partial charge in [-0.3, -0.25) is 4.52 Å². The molecule has 0 radical (unpaired) electrons. The molecule has 0 aliphatic rings. The van der Waals surface area contributed by atoms with Crippen LogP contribution in [0.25, 0.3) is 0 Å². The van der Waals surface area contributed by atoms with Gasteiger partial charge in [0.25, 0.3) is 0 Å². The van der Waals surface area contributed by atoms with E-state index in [1.54, 1.807) is 0 Å². The van der Waals surface area contributed by atoms with Crippen LogP contribution >= 0.6 is 15.6 Å². The Bertz CT molecular complexity index is 398. The van der Waals surface area contributed by atoms with Crippen molar-refractivity contribution in [1.82, 2.24) is 0 Å². The molecule has 0 saturated heterocycles. The first-order valence-corrected chi connectivity index (χ1v) is 12.5. The fourth-order valence-corrected chi connectivity index (χ4v) is 4.26. The highest BCUT2D eigenvalue weighted by molar-refractivity contribution is 7.60. The molecule has 0 rings (SSSR count). The van der Waals surface area contributed by atoms with Gasteiger partial charge < -0.3 is 14.7 Å². The Hall–Kier alpha value is 0.260. The lowest BCUT2D eigenvalue weighted by Crippen LogP contribution is -1.96. The van der Waals surface area contributed by atoms with Crippen molar-refractivity contribution in [1.29, 1.82) is 0 Å². The molecule has 0 aromatic heterocycles. The van der Waals surface area contributed by atoms with Crippen molar-refractivity contribution < 1.29 is 32.6 Å². The molecule has 1 unspecified atom stereocenters. The van der Waals surface area contributed by atoms with Gasteiger partial charge in [0.2, 0.25) is 0 Å². The maximum Gasteiger partial charge on any atom is 0.481 e. The molecule has 3 N–H and O–H groups in total. The Kier molecular flexibility index (Phi) is 15.5. The van der Waals surface area contributed by atoms with E-state index in [1.165, 1.54) is 64.2 Å². The third-order valence-electron chi connectivity index (χ3n) is 3.96. The second-order valence-corrected chi connectivity index (χ2v) is 9.30. The van der Waals surface area contributed by atoms with E-state index in [9.17, 15) is 9.13 Å². The van der Waals surface area contributed by atoms with Gasteiger partial charge in [0.15, 0.2) is 0 Å². The van der Waals surface area contributed by atoms with Crippen LogP contribution in [0.2, 0.25) is 0 Å². The van der Waals surface area contributed by atoms with E-state index in [0.717, 1.165) is 19.3 Å². The molecule has 25 heavy (non-hydrogen) atoms. The molecular weight excluding hydrogens is 366 g/mol. The van der Waals surface area contributed by atoms with Gasteiger partial charge in [-0.2, -0.15) is 4.31 Å². The standard InChI is InChI=1S/C16H36O7P2/c1-2-3-4-5-6-7-8-9-10-11-12-13-14-15-16-22-25(20,21)23-24(17,18)19/h2-16H2,1H3,(H,20,21)(H2,17,18,19). The highest BCUT2D eigenvalue weighted by atomic mass is 31.3. The molecule has 0 amide bonds. The molecule has 0 aliphatic carbocycles. The number of rotatable bonds is 18. The quantitative estimate of drug-likeness (QED) is 0.199. The molecule has 0 heterocycles. The minimum atomic E-state index is -5.02. The lowest BCUT2D eigenvalue weighted by Gasteiger charge is -2.12. The summed E-state index contributed by atoms with van der Waals surface area (Å²) in [6, 6.07) is 0. The molecule has 0 aliphatic heterocycles. The van der Waals surface area contributed by atoms with Gasteiger partial charge in [-0.05, 0) is 6.42 Å². The lowest BCUT2D eigenvalue weighted by molar-refractivity contribution is 0.176. The maximum atomic E-state index is 11.2. The van der Waals surface area contributed by atoms with Crippen molar-refractivity contribution in [2.45, 2.75) is 96.8 Å². The Morgan fingerprint density at radius 1 is 0.640 bits per heavy atom. The van der Waals surface area contributed by atoms with Gasteiger partial charge in [-0.15, -0.1) is 0 Å². The van der Waals surface area contributed by atoms with Gasteiger partial charge in [-0.25, -0.2) is 9.13 Å². The van der Waals surface area contributed by atoms with Crippen LogP contribution in [0.4, 0.5) is 0 Å². The Morgan fingerprint density at radius 2 is 1.00 bits per heavy atom. The number of phosphoric ester groups is 1. The Morgan fingerprint density at radius 3 is 1.36 bits per heavy atom. The third-order valence-corrected chi connectivity index (χ3v) is 6.15. The highest BCUT2D eigenvalue weighted by Crippen LogP contribution is 2.57. The van der Waals surface area contributed by atoms with E-state index >= 15 is 0 Å². The van der Waals surface area contributed by atoms with E-state index in [2.05, 4.69) is 15.8 Å². The molecule has 152 valence electrons. The van der Waals surface area contributed by atoms with Crippen LogP contribution in [0.3, 0.4) is 0 Å². The summed E-state index contributed by atoms with van der Waals surface area (Å²) >= 11 is 0. The van der Waals surface area contributed by atoms with Crippen LogP contribution in [0.15, 0.2) is 0 Å². The zero-order valence-electron chi connectivity index (χ0n) is 15.5. The summed E-state index contributed by atoms with van der Waals surface area (Å²) in [6.45, 7) is 2.19. The first-order chi connectivity index (χ1) is 11.8. The number of hydrogen-bond acceptors (Lipinski definition) is 4. The Balaban J connectivity index is 3.29. The number of unbranched alkanes of at least 4 members (excludes halogenated alkanes) is 13. The van der Waals surface area contributed by atoms with E-state index in [4.69, 9.17) is 14.7 Å². The van der Waals surface area contributed by atoms with Crippen LogP contribution < -0.4 is 0 Å². The average Bonchev–Trinajstić information content (AvgIpc) is 2.48. The van der Waals surface area contributed by atoms with Gasteiger partial charge >= 0.3 is 15.6 Å². The van der Waals surface area contributed by atoms with Crippen LogP contribution in [0, 0.1) is 0 Å². The molecular formula is C16H36O7P2. The summed E-state index contributed by atoms with van der Waals surface area (Å²) in [5, 5.41) is 0. The van der Waals surface area contributed by atoms with Crippen molar-refractivity contribution in [2.75, 3.05) is 6.61 Å². The van der Waals surface area contributed by atoms with Gasteiger partial charge in [0, 0.05) is 0 Å². The highest BCUT2D eigenvalue weighted by Gasteiger charge is 2.31. The first-order valence-electron chi connectivity index (χ1n) is 9.51. The van der Waals surface area contributed by atoms with E-state index < -0.39 is 15.6 Å². The largest absolute Gasteiger partial charge is 0.481 e. The van der Waals surface area contributed by atoms with E-state index in [-0.39, 0.29) is 6.61 Å². The second-order valence-electron chi connectivity index (χ2n) is 6.47. The minimum absolute atomic E-state index is 0.0498. The molecule has 0 saturated carbocycles. The smallest absolute Gasteiger partial charge is 0.302 e. The summed E-state index contributed by atoms with van der Waals surface area (Å²) in [6.07, 6.45) is 16.8. The predicted octanol–water partition coefficient (Wildman–Crippen LogP) is 5.69. The predicted molar refractivity (Wildman–Crippen MR) is 99.2 cm³/mol. The van der Waals surface area contributed by atoms with Crippen molar-refractivity contribution in [2.24, 2.45) is 0 Å². The number of hydrogen-bond donors (Lipinski definition) is 3. The summed E-state index contributed by atoms with van der Waals surface area (Å²) in [5.74, 6) is 0. The van der Waals surface area contributed by atoms with Gasteiger partial charge in [0.05, 0.1) is 6.61 Å². The summed E-state index contributed by atoms with van der Waals surface area (Å²) in [5.41, 5.74) is 0. The minimum Gasteiger partial charge on any atom is -0.302 e. The van der Waals surface area contributed by atoms with Crippen LogP contribution in [0.5, 0.6) is 0 Å². The summed E-state index contributed by atoms with van der Waals surface area (Å²) < 4.78 is 29.9. The topological polar surface area (TPSA) is 113 Å². The molecule has 7 nitrogen and oxygen atoms in total. The first kappa shape index (κ1) is 25.3. The fraction of sp³-hybridized carbons (Fsp3) is 1.00. The normalized spacial score (nSPS) is 14.6. The van der Waals surface area contributed by atoms with Crippen molar-refractivity contribution >= 4 is 15.6 Å². The van der Waals surface area contributed by atoms with Crippen molar-refractivity contribution in [3.8, 4) is 0 Å². The maximum absolute atomic E-state index is 11.2. The zero-order valence-corrected chi connectivity index (χ0v) is 17.3. The molecule has 1 atom stereocenters. The number of phosphoric acid groups is 2. The fourth-order valence-electron chi connectivity index (χ4n) is 2.63. The molecule has 0 bridgehead atoms. The Labute approximate surface area is 152 Å². The van der Waals surface area contributed by atoms with Crippen LogP contribution in [-0.2, 0) is 18.0 Å². The lowest BCUT2D eigenvalue weighted by atomic mass is 10.0. The average molecular weight is 402 g/mol. The molecule has 9 heteroatoms. The summed E-state index contributed by atoms with van der Waals surface area (Å²) in [7, 11) is -9.68. The van der Waals surface area contributed by atoms with Crippen LogP contribution in [0.1, 0.15) is 96.8 Å². The summed E-state index contributed by atoms with van der Waals surface area (Å²) in [4.78, 5) is 26.0. The van der Waals surface area contributed by atoms with Gasteiger partial charge in [-0.1, -0.05) is 90.4 Å². The van der Waals surface area contributed by atoms with E-state index in [0.29, 0.717) is 6.42 Å². The third kappa shape index (κ3) is 20.4. The van der Waals surface area contributed by atoms with Gasteiger partial charge in [0.1, 0.15) is 0 Å². The molecule has 0 aromatic carbocycles. The van der Waals surface area contributed by atoms with E-state index in [1.807, 2.05) is 0 Å². The van der Waals surface area contributed by atoms with Crippen molar-refractivity contribution in [3.63, 3.8) is 0 Å². The zero-order chi connectivity index (χ0) is 19.0. The monoisotopic (exact) mass is 402 g/mol. The van der Waals surface area contributed by atoms with Crippen LogP contribution in [-0.4, -0.2) is 21.3 Å². The molecule has 0 spiro atoms. The SMILES string of the molecule is CCCCCCCCCCCCCCCCOP(=O)(O)OP(=O)(O)O. The molecule has 0 fully saturated rings. The van der Waals surface area contributed by atoms with Crippen molar-refractivity contribution in [3.05, 3.63) is 0 Å². The molecule has 0 aromatic rings. The second kappa shape index (κ2) is 15.3.